The number of halogens is 1. The molecule has 0 spiro atoms. The second-order valence-electron chi connectivity index (χ2n) is 6.45. The second-order valence-corrected chi connectivity index (χ2v) is 7.31. The Bertz CT molecular complexity index is 1130. The highest BCUT2D eigenvalue weighted by atomic mass is 79.9. The molecule has 160 valence electrons. The van der Waals surface area contributed by atoms with Crippen LogP contribution in [0.15, 0.2) is 40.4 Å². The lowest BCUT2D eigenvalue weighted by molar-refractivity contribution is -0.122. The minimum absolute atomic E-state index is 0.0518. The van der Waals surface area contributed by atoms with Gasteiger partial charge in [0.15, 0.2) is 23.0 Å². The molecule has 0 radical (unpaired) electrons. The maximum Gasteiger partial charge on any atom is 0.335 e. The summed E-state index contributed by atoms with van der Waals surface area (Å²) in [4.78, 5) is 38.9. The van der Waals surface area contributed by atoms with E-state index in [1.54, 1.807) is 18.2 Å². The van der Waals surface area contributed by atoms with Gasteiger partial charge in [-0.2, -0.15) is 0 Å². The number of methoxy groups -OCH3 is 1. The van der Waals surface area contributed by atoms with Gasteiger partial charge in [0.05, 0.1) is 19.4 Å². The van der Waals surface area contributed by atoms with E-state index in [2.05, 4.69) is 21.2 Å². The molecule has 4 rings (SSSR count). The summed E-state index contributed by atoms with van der Waals surface area (Å²) in [6.07, 6.45) is 1.39. The predicted molar refractivity (Wildman–Crippen MR) is 113 cm³/mol. The number of amides is 4. The largest absolute Gasteiger partial charge is 0.493 e. The van der Waals surface area contributed by atoms with Gasteiger partial charge in [0.25, 0.3) is 11.8 Å². The van der Waals surface area contributed by atoms with Crippen LogP contribution >= 0.6 is 15.9 Å². The molecule has 2 aliphatic heterocycles. The lowest BCUT2D eigenvalue weighted by atomic mass is 10.1. The molecule has 1 N–H and O–H groups in total. The maximum atomic E-state index is 13.1. The maximum absolute atomic E-state index is 13.1. The van der Waals surface area contributed by atoms with Gasteiger partial charge in [0.2, 0.25) is 6.79 Å². The molecule has 0 aromatic heterocycles. The Labute approximate surface area is 185 Å². The monoisotopic (exact) mass is 488 g/mol. The number of fused-ring (bicyclic) bond motifs is 1. The normalized spacial score (nSPS) is 16.5. The second kappa shape index (κ2) is 8.31. The van der Waals surface area contributed by atoms with Gasteiger partial charge >= 0.3 is 6.03 Å². The van der Waals surface area contributed by atoms with E-state index in [0.29, 0.717) is 39.6 Å². The van der Waals surface area contributed by atoms with E-state index in [4.69, 9.17) is 18.9 Å². The summed E-state index contributed by atoms with van der Waals surface area (Å²) in [5.74, 6) is 0.284. The number of barbiturate groups is 1. The Morgan fingerprint density at radius 3 is 2.65 bits per heavy atom. The fraction of sp³-hybridized carbons (Fsp3) is 0.190. The highest BCUT2D eigenvalue weighted by Crippen LogP contribution is 2.37. The summed E-state index contributed by atoms with van der Waals surface area (Å²) in [5.41, 5.74) is 0.530. The Hall–Kier alpha value is -3.53. The van der Waals surface area contributed by atoms with Crippen molar-refractivity contribution < 1.29 is 33.3 Å². The molecule has 0 atom stereocenters. The van der Waals surface area contributed by atoms with Crippen LogP contribution in [-0.2, 0) is 9.59 Å². The highest BCUT2D eigenvalue weighted by Gasteiger charge is 2.37. The van der Waals surface area contributed by atoms with Gasteiger partial charge in [-0.25, -0.2) is 9.69 Å². The third-order valence-corrected chi connectivity index (χ3v) is 5.29. The van der Waals surface area contributed by atoms with Crippen molar-refractivity contribution in [3.05, 3.63) is 45.9 Å². The molecule has 0 bridgehead atoms. The van der Waals surface area contributed by atoms with Crippen molar-refractivity contribution in [2.24, 2.45) is 0 Å². The number of ether oxygens (including phenoxy) is 4. The average Bonchev–Trinajstić information content (AvgIpc) is 3.21. The topological polar surface area (TPSA) is 103 Å². The predicted octanol–water partition coefficient (Wildman–Crippen LogP) is 3.25. The fourth-order valence-electron chi connectivity index (χ4n) is 3.16. The first-order chi connectivity index (χ1) is 14.9. The lowest BCUT2D eigenvalue weighted by Crippen LogP contribution is -2.54. The van der Waals surface area contributed by atoms with E-state index in [-0.39, 0.29) is 18.1 Å². The van der Waals surface area contributed by atoms with E-state index < -0.39 is 17.8 Å². The van der Waals surface area contributed by atoms with Crippen LogP contribution in [0.3, 0.4) is 0 Å². The number of imide groups is 2. The molecular weight excluding hydrogens is 472 g/mol. The standard InChI is InChI=1S/C21H17BrN2O7/c1-3-29-17-7-11(14(22)9-16(17)28-2)6-13-19(25)23-21(27)24(20(13)26)12-4-5-15-18(8-12)31-10-30-15/h4-9H,3,10H2,1-2H3,(H,23,25,27)/b13-6+. The van der Waals surface area contributed by atoms with Gasteiger partial charge in [-0.15, -0.1) is 0 Å². The van der Waals surface area contributed by atoms with Crippen molar-refractivity contribution in [2.45, 2.75) is 6.92 Å². The zero-order chi connectivity index (χ0) is 22.1. The third kappa shape index (κ3) is 3.81. The van der Waals surface area contributed by atoms with Crippen molar-refractivity contribution >= 4 is 45.5 Å². The first-order valence-electron chi connectivity index (χ1n) is 9.24. The number of urea groups is 1. The number of rotatable bonds is 5. The number of hydrogen-bond donors (Lipinski definition) is 1. The average molecular weight is 489 g/mol. The van der Waals surface area contributed by atoms with Gasteiger partial charge in [-0.1, -0.05) is 15.9 Å². The van der Waals surface area contributed by atoms with E-state index in [9.17, 15) is 14.4 Å². The quantitative estimate of drug-likeness (QED) is 0.508. The van der Waals surface area contributed by atoms with E-state index >= 15 is 0 Å². The van der Waals surface area contributed by atoms with Gasteiger partial charge in [-0.05, 0) is 42.8 Å². The summed E-state index contributed by atoms with van der Waals surface area (Å²) >= 11 is 3.41. The number of benzene rings is 2. The number of anilines is 1. The molecule has 2 aromatic rings. The van der Waals surface area contributed by atoms with E-state index in [0.717, 1.165) is 4.90 Å². The number of carbonyl (C=O) groups is 3. The van der Waals surface area contributed by atoms with Crippen LogP contribution in [0.2, 0.25) is 0 Å². The van der Waals surface area contributed by atoms with Crippen molar-refractivity contribution in [3.63, 3.8) is 0 Å². The first kappa shape index (κ1) is 20.7. The summed E-state index contributed by atoms with van der Waals surface area (Å²) in [7, 11) is 1.51. The molecule has 2 heterocycles. The minimum atomic E-state index is -0.852. The van der Waals surface area contributed by atoms with Gasteiger partial charge in [0, 0.05) is 10.5 Å². The van der Waals surface area contributed by atoms with Crippen molar-refractivity contribution in [3.8, 4) is 23.0 Å². The van der Waals surface area contributed by atoms with Crippen molar-refractivity contribution in [1.29, 1.82) is 0 Å². The molecule has 10 heteroatoms. The summed E-state index contributed by atoms with van der Waals surface area (Å²) in [5, 5.41) is 2.19. The van der Waals surface area contributed by atoms with E-state index in [1.807, 2.05) is 6.92 Å². The zero-order valence-corrected chi connectivity index (χ0v) is 18.1. The lowest BCUT2D eigenvalue weighted by Gasteiger charge is -2.26. The first-order valence-corrected chi connectivity index (χ1v) is 10.0. The van der Waals surface area contributed by atoms with Crippen molar-refractivity contribution in [1.82, 2.24) is 5.32 Å². The Kier molecular flexibility index (Phi) is 5.55. The summed E-state index contributed by atoms with van der Waals surface area (Å²) in [6, 6.07) is 7.09. The fourth-order valence-corrected chi connectivity index (χ4v) is 3.60. The molecule has 4 amide bonds. The Morgan fingerprint density at radius 1 is 1.13 bits per heavy atom. The zero-order valence-electron chi connectivity index (χ0n) is 16.6. The minimum Gasteiger partial charge on any atom is -0.493 e. The smallest absolute Gasteiger partial charge is 0.335 e. The van der Waals surface area contributed by atoms with Gasteiger partial charge in [-0.3, -0.25) is 14.9 Å². The summed E-state index contributed by atoms with van der Waals surface area (Å²) < 4.78 is 22.0. The molecule has 1 fully saturated rings. The van der Waals surface area contributed by atoms with Gasteiger partial charge in [0.1, 0.15) is 5.57 Å². The number of carbonyl (C=O) groups excluding carboxylic acids is 3. The molecule has 2 aromatic carbocycles. The van der Waals surface area contributed by atoms with Crippen LogP contribution < -0.4 is 29.2 Å². The van der Waals surface area contributed by atoms with Crippen LogP contribution in [0, 0.1) is 0 Å². The molecule has 0 aliphatic carbocycles. The van der Waals surface area contributed by atoms with Crippen LogP contribution in [-0.4, -0.2) is 38.4 Å². The van der Waals surface area contributed by atoms with Crippen molar-refractivity contribution in [2.75, 3.05) is 25.4 Å². The molecule has 0 unspecified atom stereocenters. The highest BCUT2D eigenvalue weighted by molar-refractivity contribution is 9.10. The van der Waals surface area contributed by atoms with Gasteiger partial charge < -0.3 is 18.9 Å². The molecule has 9 nitrogen and oxygen atoms in total. The van der Waals surface area contributed by atoms with Crippen LogP contribution in [0.25, 0.3) is 6.08 Å². The van der Waals surface area contributed by atoms with Crippen LogP contribution in [0.5, 0.6) is 23.0 Å². The molecule has 2 aliphatic rings. The number of nitrogens with zero attached hydrogens (tertiary/aromatic N) is 1. The SMILES string of the molecule is CCOc1cc(/C=C2\C(=O)NC(=O)N(c3ccc4c(c3)OCO4)C2=O)c(Br)cc1OC. The van der Waals surface area contributed by atoms with Crippen LogP contribution in [0.1, 0.15) is 12.5 Å². The van der Waals surface area contributed by atoms with Crippen LogP contribution in [0.4, 0.5) is 10.5 Å². The molecule has 31 heavy (non-hydrogen) atoms. The van der Waals surface area contributed by atoms with E-state index in [1.165, 1.54) is 25.3 Å². The Balaban J connectivity index is 1.74. The molecule has 1 saturated heterocycles. The molecule has 0 saturated carbocycles. The molecular formula is C21H17BrN2O7. The number of hydrogen-bond acceptors (Lipinski definition) is 7. The number of nitrogens with one attached hydrogen (secondary N) is 1. The summed E-state index contributed by atoms with van der Waals surface area (Å²) in [6.45, 7) is 2.28. The Morgan fingerprint density at radius 2 is 1.90 bits per heavy atom. The third-order valence-electron chi connectivity index (χ3n) is 4.60.